The van der Waals surface area contributed by atoms with Crippen LogP contribution in [0.5, 0.6) is 11.6 Å². The molecule has 1 atom stereocenters. The van der Waals surface area contributed by atoms with Crippen molar-refractivity contribution < 1.29 is 22.1 Å². The highest BCUT2D eigenvalue weighted by atomic mass is 32.2. The zero-order chi connectivity index (χ0) is 27.0. The minimum absolute atomic E-state index is 0.166. The number of nitriles is 1. The first-order chi connectivity index (χ1) is 18.2. The first-order valence-electron chi connectivity index (χ1n) is 12.3. The molecule has 196 valence electrons. The first-order valence-corrected chi connectivity index (χ1v) is 13.6. The van der Waals surface area contributed by atoms with Gasteiger partial charge in [-0.1, -0.05) is 13.0 Å². The van der Waals surface area contributed by atoms with Crippen LogP contribution in [0.3, 0.4) is 0 Å². The Morgan fingerprint density at radius 3 is 2.66 bits per heavy atom. The van der Waals surface area contributed by atoms with Crippen molar-refractivity contribution in [2.24, 2.45) is 0 Å². The number of pyridine rings is 1. The van der Waals surface area contributed by atoms with Crippen LogP contribution in [0.4, 0.5) is 18.9 Å². The van der Waals surface area contributed by atoms with E-state index < -0.39 is 28.6 Å². The summed E-state index contributed by atoms with van der Waals surface area (Å²) in [7, 11) is -1.17. The van der Waals surface area contributed by atoms with Crippen LogP contribution in [-0.2, 0) is 17.2 Å². The molecule has 10 heteroatoms. The van der Waals surface area contributed by atoms with Crippen molar-refractivity contribution in [2.45, 2.75) is 45.3 Å². The number of halogens is 3. The number of nitrogens with zero attached hydrogens (tertiary/aromatic N) is 3. The maximum Gasteiger partial charge on any atom is 0.421 e. The highest BCUT2D eigenvalue weighted by Gasteiger charge is 2.35. The van der Waals surface area contributed by atoms with Crippen LogP contribution in [0.2, 0.25) is 0 Å². The van der Waals surface area contributed by atoms with Crippen LogP contribution < -0.4 is 9.46 Å². The number of nitrogens with one attached hydrogen (secondary N) is 1. The molecule has 0 saturated heterocycles. The molecule has 0 radical (unpaired) electrons. The zero-order valence-corrected chi connectivity index (χ0v) is 21.6. The molecule has 1 fully saturated rings. The molecule has 1 unspecified atom stereocenters. The van der Waals surface area contributed by atoms with E-state index in [9.17, 15) is 22.6 Å². The van der Waals surface area contributed by atoms with Crippen LogP contribution >= 0.6 is 0 Å². The highest BCUT2D eigenvalue weighted by molar-refractivity contribution is 7.86. The molecule has 4 aromatic rings. The summed E-state index contributed by atoms with van der Waals surface area (Å²) < 4.78 is 63.3. The smallest absolute Gasteiger partial charge is 0.421 e. The Morgan fingerprint density at radius 2 is 2.00 bits per heavy atom. The van der Waals surface area contributed by atoms with E-state index in [2.05, 4.69) is 20.3 Å². The summed E-state index contributed by atoms with van der Waals surface area (Å²) in [6, 6.07) is 15.3. The second-order valence-electron chi connectivity index (χ2n) is 9.25. The molecule has 0 bridgehead atoms. The summed E-state index contributed by atoms with van der Waals surface area (Å²) in [5.41, 5.74) is 3.51. The number of fused-ring (bicyclic) bond motifs is 1. The number of hydrogen-bond acceptors (Lipinski definition) is 4. The number of aromatic nitrogens is 2. The number of anilines is 1. The number of rotatable bonds is 8. The Labute approximate surface area is 220 Å². The molecular weight excluding hydrogens is 513 g/mol. The molecule has 1 saturated carbocycles. The van der Waals surface area contributed by atoms with Gasteiger partial charge in [-0.3, -0.25) is 0 Å². The second kappa shape index (κ2) is 10.1. The second-order valence-corrected chi connectivity index (χ2v) is 10.6. The van der Waals surface area contributed by atoms with Gasteiger partial charge in [0.25, 0.3) is 0 Å². The molecule has 6 nitrogen and oxygen atoms in total. The van der Waals surface area contributed by atoms with E-state index >= 15 is 0 Å². The standard InChI is InChI=1S/C28H25F3N4O2S/c1-3-13-38(36)34-18-6-10-21(17(2)14-18)26-23(16-32)22-11-9-20(15-25(22)35(26)19-7-8-19)37-27-24(28(29,30)31)5-4-12-33-27/h4-6,9-12,14-15,19,34H,3,7-8,13H2,1-2H3. The van der Waals surface area contributed by atoms with Crippen LogP contribution in [0.1, 0.15) is 48.9 Å². The Balaban J connectivity index is 1.60. The number of hydrogen-bond donors (Lipinski definition) is 1. The zero-order valence-electron chi connectivity index (χ0n) is 20.8. The van der Waals surface area contributed by atoms with Gasteiger partial charge in [0.15, 0.2) is 0 Å². The summed E-state index contributed by atoms with van der Waals surface area (Å²) in [6.45, 7) is 3.91. The van der Waals surface area contributed by atoms with Gasteiger partial charge in [0.1, 0.15) is 28.4 Å². The molecule has 0 amide bonds. The molecule has 0 aliphatic heterocycles. The molecule has 1 aliphatic rings. The van der Waals surface area contributed by atoms with Crippen LogP contribution in [-0.4, -0.2) is 19.5 Å². The van der Waals surface area contributed by atoms with E-state index in [1.54, 1.807) is 18.2 Å². The number of ether oxygens (including phenoxy) is 1. The third-order valence-corrected chi connectivity index (χ3v) is 7.64. The van der Waals surface area contributed by atoms with E-state index in [-0.39, 0.29) is 11.8 Å². The van der Waals surface area contributed by atoms with E-state index in [1.165, 1.54) is 12.3 Å². The minimum atomic E-state index is -4.61. The fourth-order valence-corrected chi connectivity index (χ4v) is 5.47. The van der Waals surface area contributed by atoms with Gasteiger partial charge in [0, 0.05) is 40.7 Å². The molecule has 1 aliphatic carbocycles. The van der Waals surface area contributed by atoms with Crippen LogP contribution in [0.15, 0.2) is 54.7 Å². The van der Waals surface area contributed by atoms with Crippen molar-refractivity contribution in [3.8, 4) is 29.0 Å². The molecule has 0 spiro atoms. The summed E-state index contributed by atoms with van der Waals surface area (Å²) in [6.07, 6.45) is -0.696. The van der Waals surface area contributed by atoms with Crippen LogP contribution in [0, 0.1) is 18.3 Å². The lowest BCUT2D eigenvalue weighted by Gasteiger charge is -2.15. The van der Waals surface area contributed by atoms with Gasteiger partial charge >= 0.3 is 6.18 Å². The highest BCUT2D eigenvalue weighted by Crippen LogP contribution is 2.46. The van der Waals surface area contributed by atoms with Crippen molar-refractivity contribution in [3.05, 3.63) is 71.4 Å². The van der Waals surface area contributed by atoms with Crippen molar-refractivity contribution in [1.82, 2.24) is 9.55 Å². The van der Waals surface area contributed by atoms with Gasteiger partial charge in [-0.15, -0.1) is 0 Å². The maximum absolute atomic E-state index is 13.5. The lowest BCUT2D eigenvalue weighted by atomic mass is 10.0. The predicted molar refractivity (Wildman–Crippen MR) is 141 cm³/mol. The quantitative estimate of drug-likeness (QED) is 0.252. The lowest BCUT2D eigenvalue weighted by molar-refractivity contribution is -0.138. The van der Waals surface area contributed by atoms with Crippen molar-refractivity contribution in [1.29, 1.82) is 5.26 Å². The average molecular weight is 539 g/mol. The largest absolute Gasteiger partial charge is 0.438 e. The van der Waals surface area contributed by atoms with Gasteiger partial charge in [0.2, 0.25) is 5.88 Å². The van der Waals surface area contributed by atoms with Gasteiger partial charge in [-0.05, 0) is 68.1 Å². The van der Waals surface area contributed by atoms with Crippen molar-refractivity contribution >= 4 is 27.6 Å². The fourth-order valence-electron chi connectivity index (χ4n) is 4.60. The minimum Gasteiger partial charge on any atom is -0.438 e. The summed E-state index contributed by atoms with van der Waals surface area (Å²) >= 11 is 0. The molecule has 2 heterocycles. The molecule has 2 aromatic heterocycles. The third-order valence-electron chi connectivity index (χ3n) is 6.39. The Hall–Kier alpha value is -3.84. The molecule has 2 aromatic carbocycles. The normalized spacial score (nSPS) is 14.3. The summed E-state index contributed by atoms with van der Waals surface area (Å²) in [5.74, 6) is 0.221. The average Bonchev–Trinajstić information content (AvgIpc) is 3.65. The molecule has 38 heavy (non-hydrogen) atoms. The van der Waals surface area contributed by atoms with Gasteiger partial charge in [-0.25, -0.2) is 9.19 Å². The first kappa shape index (κ1) is 25.8. The molecule has 1 N–H and O–H groups in total. The Bertz CT molecular complexity index is 1590. The van der Waals surface area contributed by atoms with Gasteiger partial charge < -0.3 is 14.0 Å². The van der Waals surface area contributed by atoms with Gasteiger partial charge in [-0.2, -0.15) is 18.4 Å². The Morgan fingerprint density at radius 1 is 1.21 bits per heavy atom. The molecular formula is C28H25F3N4O2S. The van der Waals surface area contributed by atoms with E-state index in [1.807, 2.05) is 32.0 Å². The monoisotopic (exact) mass is 538 g/mol. The van der Waals surface area contributed by atoms with Gasteiger partial charge in [0.05, 0.1) is 16.8 Å². The van der Waals surface area contributed by atoms with E-state index in [0.29, 0.717) is 22.2 Å². The van der Waals surface area contributed by atoms with Crippen molar-refractivity contribution in [2.75, 3.05) is 10.5 Å². The molecule has 5 rings (SSSR count). The number of benzene rings is 2. The fraction of sp³-hybridized carbons (Fsp3) is 0.286. The predicted octanol–water partition coefficient (Wildman–Crippen LogP) is 7.52. The maximum atomic E-state index is 13.5. The topological polar surface area (TPSA) is 79.9 Å². The van der Waals surface area contributed by atoms with Crippen molar-refractivity contribution in [3.63, 3.8) is 0 Å². The van der Waals surface area contributed by atoms with Crippen LogP contribution in [0.25, 0.3) is 22.2 Å². The van der Waals surface area contributed by atoms with E-state index in [0.717, 1.165) is 47.8 Å². The summed E-state index contributed by atoms with van der Waals surface area (Å²) in [4.78, 5) is 3.80. The lowest BCUT2D eigenvalue weighted by Crippen LogP contribution is -2.08. The third kappa shape index (κ3) is 4.98. The Kier molecular flexibility index (Phi) is 6.88. The summed E-state index contributed by atoms with van der Waals surface area (Å²) in [5, 5.41) is 10.9. The number of aryl methyl sites for hydroxylation is 1. The number of alkyl halides is 3. The SMILES string of the molecule is CCCS(=O)Nc1ccc(-c2c(C#N)c3ccc(Oc4ncccc4C(F)(F)F)cc3n2C2CC2)c(C)c1. The van der Waals surface area contributed by atoms with E-state index in [4.69, 9.17) is 4.74 Å².